The van der Waals surface area contributed by atoms with Crippen LogP contribution in [-0.4, -0.2) is 38.9 Å². The zero-order valence-corrected chi connectivity index (χ0v) is 16.4. The lowest BCUT2D eigenvalue weighted by molar-refractivity contribution is 0.384. The van der Waals surface area contributed by atoms with E-state index < -0.39 is 10.0 Å². The lowest BCUT2D eigenvalue weighted by Crippen LogP contribution is -2.48. The molecule has 0 bridgehead atoms. The van der Waals surface area contributed by atoms with Crippen LogP contribution in [0.3, 0.4) is 0 Å². The van der Waals surface area contributed by atoms with Crippen LogP contribution in [0.1, 0.15) is 16.7 Å². The van der Waals surface area contributed by atoms with Crippen LogP contribution >= 0.6 is 11.6 Å². The Morgan fingerprint density at radius 3 is 2.24 bits per heavy atom. The molecule has 0 unspecified atom stereocenters. The van der Waals surface area contributed by atoms with Gasteiger partial charge in [-0.15, -0.1) is 0 Å². The minimum atomic E-state index is -3.51. The Bertz CT molecular complexity index is 888. The highest BCUT2D eigenvalue weighted by Crippen LogP contribution is 2.27. The van der Waals surface area contributed by atoms with Gasteiger partial charge in [0.2, 0.25) is 10.0 Å². The van der Waals surface area contributed by atoms with Crippen molar-refractivity contribution in [2.75, 3.05) is 31.1 Å². The van der Waals surface area contributed by atoms with E-state index in [2.05, 4.69) is 36.9 Å². The molecule has 0 saturated carbocycles. The van der Waals surface area contributed by atoms with Crippen LogP contribution in [0.15, 0.2) is 41.3 Å². The minimum Gasteiger partial charge on any atom is -0.369 e. The third kappa shape index (κ3) is 3.54. The molecule has 0 aliphatic carbocycles. The number of anilines is 1. The van der Waals surface area contributed by atoms with Gasteiger partial charge in [-0.25, -0.2) is 8.42 Å². The number of hydrogen-bond acceptors (Lipinski definition) is 3. The topological polar surface area (TPSA) is 40.6 Å². The van der Waals surface area contributed by atoms with Gasteiger partial charge in [0.1, 0.15) is 0 Å². The van der Waals surface area contributed by atoms with Crippen molar-refractivity contribution in [2.45, 2.75) is 25.7 Å². The number of rotatable bonds is 3. The Balaban J connectivity index is 1.77. The predicted molar refractivity (Wildman–Crippen MR) is 103 cm³/mol. The van der Waals surface area contributed by atoms with Crippen molar-refractivity contribution in [1.29, 1.82) is 0 Å². The second-order valence-corrected chi connectivity index (χ2v) is 8.84. The highest BCUT2D eigenvalue weighted by molar-refractivity contribution is 7.89. The maximum atomic E-state index is 13.0. The quantitative estimate of drug-likeness (QED) is 0.816. The summed E-state index contributed by atoms with van der Waals surface area (Å²) in [6.45, 7) is 8.25. The van der Waals surface area contributed by atoms with Crippen LogP contribution in [0.25, 0.3) is 0 Å². The second kappa shape index (κ2) is 6.98. The highest BCUT2D eigenvalue weighted by Gasteiger charge is 2.30. The summed E-state index contributed by atoms with van der Waals surface area (Å²) in [6.07, 6.45) is 0. The molecule has 0 aromatic heterocycles. The van der Waals surface area contributed by atoms with Gasteiger partial charge < -0.3 is 4.90 Å². The molecule has 1 aliphatic rings. The zero-order chi connectivity index (χ0) is 18.2. The molecule has 1 aliphatic heterocycles. The molecular formula is C19H23ClN2O2S. The Hall–Kier alpha value is -1.56. The van der Waals surface area contributed by atoms with Gasteiger partial charge in [0.25, 0.3) is 0 Å². The maximum Gasteiger partial charge on any atom is 0.243 e. The molecule has 134 valence electrons. The van der Waals surface area contributed by atoms with Gasteiger partial charge in [-0.1, -0.05) is 23.7 Å². The number of aryl methyl sites for hydroxylation is 2. The number of halogens is 1. The van der Waals surface area contributed by atoms with E-state index in [1.54, 1.807) is 29.4 Å². The van der Waals surface area contributed by atoms with Crippen LogP contribution in [0.5, 0.6) is 0 Å². The second-order valence-electron chi connectivity index (χ2n) is 6.52. The van der Waals surface area contributed by atoms with Crippen LogP contribution in [0, 0.1) is 20.8 Å². The smallest absolute Gasteiger partial charge is 0.243 e. The van der Waals surface area contributed by atoms with E-state index >= 15 is 0 Å². The summed E-state index contributed by atoms with van der Waals surface area (Å²) in [5.41, 5.74) is 4.28. The van der Waals surface area contributed by atoms with Crippen LogP contribution < -0.4 is 4.90 Å². The fraction of sp³-hybridized carbons (Fsp3) is 0.368. The molecule has 1 heterocycles. The summed E-state index contributed by atoms with van der Waals surface area (Å²) in [4.78, 5) is 2.54. The summed E-state index contributed by atoms with van der Waals surface area (Å²) in [5, 5.41) is 0.481. The summed E-state index contributed by atoms with van der Waals surface area (Å²) in [6, 6.07) is 11.4. The van der Waals surface area contributed by atoms with Gasteiger partial charge in [0.05, 0.1) is 4.90 Å². The molecular weight excluding hydrogens is 356 g/mol. The zero-order valence-electron chi connectivity index (χ0n) is 14.8. The Kier molecular flexibility index (Phi) is 5.09. The average molecular weight is 379 g/mol. The molecule has 25 heavy (non-hydrogen) atoms. The lowest BCUT2D eigenvalue weighted by Gasteiger charge is -2.35. The van der Waals surface area contributed by atoms with Gasteiger partial charge in [-0.05, 0) is 61.7 Å². The van der Waals surface area contributed by atoms with Crippen LogP contribution in [0.2, 0.25) is 5.02 Å². The number of piperazine rings is 1. The van der Waals surface area contributed by atoms with E-state index in [0.29, 0.717) is 41.7 Å². The van der Waals surface area contributed by atoms with Crippen molar-refractivity contribution < 1.29 is 8.42 Å². The van der Waals surface area contributed by atoms with Gasteiger partial charge in [-0.3, -0.25) is 0 Å². The van der Waals surface area contributed by atoms with E-state index in [1.165, 1.54) is 11.1 Å². The first-order chi connectivity index (χ1) is 11.8. The van der Waals surface area contributed by atoms with Crippen molar-refractivity contribution in [1.82, 2.24) is 4.31 Å². The van der Waals surface area contributed by atoms with Crippen molar-refractivity contribution in [3.05, 3.63) is 58.1 Å². The standard InChI is InChI=1S/C19H23ClN2O2S/c1-14-7-8-17(13-15(14)2)21-9-11-22(12-10-21)25(23,24)19-6-4-5-18(20)16(19)3/h4-8,13H,9-12H2,1-3H3. The third-order valence-electron chi connectivity index (χ3n) is 4.93. The molecule has 4 nitrogen and oxygen atoms in total. The molecule has 2 aromatic carbocycles. The first-order valence-corrected chi connectivity index (χ1v) is 10.2. The maximum absolute atomic E-state index is 13.0. The number of hydrogen-bond donors (Lipinski definition) is 0. The lowest BCUT2D eigenvalue weighted by atomic mass is 10.1. The van der Waals surface area contributed by atoms with Crippen LogP contribution in [-0.2, 0) is 10.0 Å². The SMILES string of the molecule is Cc1ccc(N2CCN(S(=O)(=O)c3cccc(Cl)c3C)CC2)cc1C. The van der Waals surface area contributed by atoms with E-state index in [1.807, 2.05) is 0 Å². The van der Waals surface area contributed by atoms with Crippen LogP contribution in [0.4, 0.5) is 5.69 Å². The Labute approximate surface area is 155 Å². The Morgan fingerprint density at radius 1 is 0.920 bits per heavy atom. The largest absolute Gasteiger partial charge is 0.369 e. The first-order valence-electron chi connectivity index (χ1n) is 8.38. The van der Waals surface area contributed by atoms with Gasteiger partial charge >= 0.3 is 0 Å². The fourth-order valence-corrected chi connectivity index (χ4v) is 5.02. The van der Waals surface area contributed by atoms with E-state index in [-0.39, 0.29) is 0 Å². The van der Waals surface area contributed by atoms with E-state index in [0.717, 1.165) is 5.69 Å². The molecule has 0 N–H and O–H groups in total. The van der Waals surface area contributed by atoms with Gasteiger partial charge in [-0.2, -0.15) is 4.31 Å². The van der Waals surface area contributed by atoms with Gasteiger partial charge in [0.15, 0.2) is 0 Å². The molecule has 1 fully saturated rings. The highest BCUT2D eigenvalue weighted by atomic mass is 35.5. The number of benzene rings is 2. The number of nitrogens with zero attached hydrogens (tertiary/aromatic N) is 2. The van der Waals surface area contributed by atoms with Crippen molar-refractivity contribution >= 4 is 27.3 Å². The van der Waals surface area contributed by atoms with Crippen molar-refractivity contribution in [3.63, 3.8) is 0 Å². The molecule has 2 aromatic rings. The normalized spacial score (nSPS) is 16.2. The van der Waals surface area contributed by atoms with Gasteiger partial charge in [0, 0.05) is 36.9 Å². The van der Waals surface area contributed by atoms with Crippen molar-refractivity contribution in [3.8, 4) is 0 Å². The molecule has 0 amide bonds. The molecule has 6 heteroatoms. The average Bonchev–Trinajstić information content (AvgIpc) is 2.59. The molecule has 0 radical (unpaired) electrons. The molecule has 1 saturated heterocycles. The summed E-state index contributed by atoms with van der Waals surface area (Å²) in [7, 11) is -3.51. The first kappa shape index (κ1) is 18.2. The molecule has 0 atom stereocenters. The van der Waals surface area contributed by atoms with E-state index in [4.69, 9.17) is 11.6 Å². The summed E-state index contributed by atoms with van der Waals surface area (Å²) < 4.78 is 27.5. The minimum absolute atomic E-state index is 0.305. The fourth-order valence-electron chi connectivity index (χ4n) is 3.12. The third-order valence-corrected chi connectivity index (χ3v) is 7.38. The van der Waals surface area contributed by atoms with E-state index in [9.17, 15) is 8.42 Å². The molecule has 0 spiro atoms. The molecule has 3 rings (SSSR count). The summed E-state index contributed by atoms with van der Waals surface area (Å²) >= 11 is 6.10. The number of sulfonamides is 1. The Morgan fingerprint density at radius 2 is 1.60 bits per heavy atom. The summed E-state index contributed by atoms with van der Waals surface area (Å²) in [5.74, 6) is 0. The predicted octanol–water partition coefficient (Wildman–Crippen LogP) is 3.78. The van der Waals surface area contributed by atoms with Crippen molar-refractivity contribution in [2.24, 2.45) is 0 Å². The monoisotopic (exact) mass is 378 g/mol.